The average Bonchev–Trinajstić information content (AvgIpc) is 2.37. The third-order valence-corrected chi connectivity index (χ3v) is 3.19. The second kappa shape index (κ2) is 7.04. The molecule has 1 aromatic heterocycles. The molecule has 4 heteroatoms. The van der Waals surface area contributed by atoms with E-state index in [-0.39, 0.29) is 18.1 Å². The quantitative estimate of drug-likeness (QED) is 0.771. The van der Waals surface area contributed by atoms with Gasteiger partial charge in [-0.2, -0.15) is 0 Å². The smallest absolute Gasteiger partial charge is 0.244 e. The Labute approximate surface area is 114 Å². The van der Waals surface area contributed by atoms with Crippen LogP contribution in [0.4, 0.5) is 0 Å². The second-order valence-corrected chi connectivity index (χ2v) is 5.01. The van der Waals surface area contributed by atoms with Gasteiger partial charge in [-0.3, -0.25) is 9.78 Å². The summed E-state index contributed by atoms with van der Waals surface area (Å²) in [6, 6.07) is 1.96. The molecule has 0 aliphatic carbocycles. The lowest BCUT2D eigenvalue weighted by molar-refractivity contribution is -0.118. The van der Waals surface area contributed by atoms with Gasteiger partial charge in [-0.1, -0.05) is 6.92 Å². The van der Waals surface area contributed by atoms with Crippen LogP contribution in [0.5, 0.6) is 0 Å². The van der Waals surface area contributed by atoms with Gasteiger partial charge in [-0.15, -0.1) is 0 Å². The Morgan fingerprint density at radius 2 is 2.26 bits per heavy atom. The number of hydrogen-bond donors (Lipinski definition) is 2. The van der Waals surface area contributed by atoms with Gasteiger partial charge in [-0.05, 0) is 50.0 Å². The molecule has 0 radical (unpaired) electrons. The summed E-state index contributed by atoms with van der Waals surface area (Å²) in [7, 11) is 0. The lowest BCUT2D eigenvalue weighted by atomic mass is 9.95. The Hall–Kier alpha value is -1.68. The Kier molecular flexibility index (Phi) is 5.70. The van der Waals surface area contributed by atoms with Crippen molar-refractivity contribution in [2.24, 2.45) is 0 Å². The Morgan fingerprint density at radius 1 is 1.53 bits per heavy atom. The molecular weight excluding hydrogens is 240 g/mol. The number of aromatic nitrogens is 1. The fourth-order valence-electron chi connectivity index (χ4n) is 1.75. The minimum Gasteiger partial charge on any atom is -0.396 e. The standard InChI is InChI=1S/C15H22N2O2/c1-4-15(3,7-8-18)17-14(19)6-5-13-9-12(2)10-16-11-13/h5-6,9-11,18H,4,7-8H2,1-3H3,(H,17,19)/b6-5+. The predicted molar refractivity (Wildman–Crippen MR) is 76.5 cm³/mol. The molecule has 0 aromatic carbocycles. The SMILES string of the molecule is CCC(C)(CCO)NC(=O)/C=C/c1cncc(C)c1. The number of aliphatic hydroxyl groups is 1. The number of nitrogens with one attached hydrogen (secondary N) is 1. The van der Waals surface area contributed by atoms with Crippen LogP contribution in [0, 0.1) is 6.92 Å². The molecule has 4 nitrogen and oxygen atoms in total. The van der Waals surface area contributed by atoms with Crippen LogP contribution in [0.25, 0.3) is 6.08 Å². The Bertz CT molecular complexity index is 457. The fourth-order valence-corrected chi connectivity index (χ4v) is 1.75. The highest BCUT2D eigenvalue weighted by atomic mass is 16.3. The van der Waals surface area contributed by atoms with E-state index in [1.165, 1.54) is 6.08 Å². The maximum atomic E-state index is 11.9. The lowest BCUT2D eigenvalue weighted by Crippen LogP contribution is -2.45. The topological polar surface area (TPSA) is 62.2 Å². The summed E-state index contributed by atoms with van der Waals surface area (Å²) in [6.45, 7) is 5.95. The van der Waals surface area contributed by atoms with Crippen molar-refractivity contribution in [3.8, 4) is 0 Å². The Balaban J connectivity index is 2.64. The molecular formula is C15H22N2O2. The van der Waals surface area contributed by atoms with E-state index in [0.29, 0.717) is 6.42 Å². The van der Waals surface area contributed by atoms with Crippen molar-refractivity contribution >= 4 is 12.0 Å². The number of amides is 1. The molecule has 1 heterocycles. The fraction of sp³-hybridized carbons (Fsp3) is 0.467. The molecule has 1 unspecified atom stereocenters. The van der Waals surface area contributed by atoms with Crippen LogP contribution in [0.2, 0.25) is 0 Å². The van der Waals surface area contributed by atoms with Gasteiger partial charge >= 0.3 is 0 Å². The first kappa shape index (κ1) is 15.4. The second-order valence-electron chi connectivity index (χ2n) is 5.01. The van der Waals surface area contributed by atoms with Crippen molar-refractivity contribution < 1.29 is 9.90 Å². The number of carbonyl (C=O) groups excluding carboxylic acids is 1. The molecule has 19 heavy (non-hydrogen) atoms. The Morgan fingerprint density at radius 3 is 2.84 bits per heavy atom. The highest BCUT2D eigenvalue weighted by Crippen LogP contribution is 2.13. The highest BCUT2D eigenvalue weighted by molar-refractivity contribution is 5.92. The number of rotatable bonds is 6. The summed E-state index contributed by atoms with van der Waals surface area (Å²) in [5.41, 5.74) is 1.60. The van der Waals surface area contributed by atoms with E-state index in [1.54, 1.807) is 18.5 Å². The first-order chi connectivity index (χ1) is 8.99. The maximum absolute atomic E-state index is 11.9. The van der Waals surface area contributed by atoms with Crippen molar-refractivity contribution in [3.05, 3.63) is 35.7 Å². The van der Waals surface area contributed by atoms with Crippen LogP contribution in [-0.2, 0) is 4.79 Å². The summed E-state index contributed by atoms with van der Waals surface area (Å²) < 4.78 is 0. The molecule has 2 N–H and O–H groups in total. The first-order valence-electron chi connectivity index (χ1n) is 6.52. The van der Waals surface area contributed by atoms with E-state index in [1.807, 2.05) is 26.8 Å². The molecule has 1 amide bonds. The van der Waals surface area contributed by atoms with Crippen LogP contribution in [0.3, 0.4) is 0 Å². The maximum Gasteiger partial charge on any atom is 0.244 e. The zero-order chi connectivity index (χ0) is 14.3. The van der Waals surface area contributed by atoms with E-state index >= 15 is 0 Å². The van der Waals surface area contributed by atoms with Crippen molar-refractivity contribution in [3.63, 3.8) is 0 Å². The lowest BCUT2D eigenvalue weighted by Gasteiger charge is -2.28. The number of carbonyl (C=O) groups is 1. The van der Waals surface area contributed by atoms with Crippen molar-refractivity contribution in [1.29, 1.82) is 0 Å². The molecule has 0 aliphatic rings. The average molecular weight is 262 g/mol. The molecule has 1 atom stereocenters. The summed E-state index contributed by atoms with van der Waals surface area (Å²) in [6.07, 6.45) is 8.05. The van der Waals surface area contributed by atoms with Crippen LogP contribution < -0.4 is 5.32 Å². The first-order valence-corrected chi connectivity index (χ1v) is 6.52. The van der Waals surface area contributed by atoms with Crippen LogP contribution >= 0.6 is 0 Å². The van der Waals surface area contributed by atoms with Gasteiger partial charge in [0.15, 0.2) is 0 Å². The molecule has 0 spiro atoms. The van der Waals surface area contributed by atoms with E-state index in [2.05, 4.69) is 10.3 Å². The molecule has 0 fully saturated rings. The van der Waals surface area contributed by atoms with Crippen LogP contribution in [0.1, 0.15) is 37.8 Å². The number of nitrogens with zero attached hydrogens (tertiary/aromatic N) is 1. The minimum absolute atomic E-state index is 0.0656. The number of pyridine rings is 1. The number of aliphatic hydroxyl groups excluding tert-OH is 1. The van der Waals surface area contributed by atoms with E-state index in [0.717, 1.165) is 17.5 Å². The molecule has 1 aromatic rings. The van der Waals surface area contributed by atoms with Gasteiger partial charge in [0.1, 0.15) is 0 Å². The molecule has 104 valence electrons. The summed E-state index contributed by atoms with van der Waals surface area (Å²) in [5.74, 6) is -0.153. The van der Waals surface area contributed by atoms with Gasteiger partial charge in [0.05, 0.1) is 0 Å². The van der Waals surface area contributed by atoms with Gasteiger partial charge in [-0.25, -0.2) is 0 Å². The normalized spacial score (nSPS) is 14.3. The predicted octanol–water partition coefficient (Wildman–Crippen LogP) is 2.07. The minimum atomic E-state index is -0.360. The largest absolute Gasteiger partial charge is 0.396 e. The van der Waals surface area contributed by atoms with Crippen LogP contribution in [-0.4, -0.2) is 28.1 Å². The molecule has 0 saturated heterocycles. The zero-order valence-electron chi connectivity index (χ0n) is 11.8. The van der Waals surface area contributed by atoms with Crippen molar-refractivity contribution in [1.82, 2.24) is 10.3 Å². The van der Waals surface area contributed by atoms with Crippen molar-refractivity contribution in [2.75, 3.05) is 6.61 Å². The summed E-state index contributed by atoms with van der Waals surface area (Å²) in [4.78, 5) is 15.9. The third kappa shape index (κ3) is 5.22. The van der Waals surface area contributed by atoms with Gasteiger partial charge in [0, 0.05) is 30.6 Å². The van der Waals surface area contributed by atoms with Gasteiger partial charge < -0.3 is 10.4 Å². The molecule has 0 aliphatic heterocycles. The third-order valence-electron chi connectivity index (χ3n) is 3.19. The van der Waals surface area contributed by atoms with E-state index in [9.17, 15) is 4.79 Å². The van der Waals surface area contributed by atoms with E-state index in [4.69, 9.17) is 5.11 Å². The summed E-state index contributed by atoms with van der Waals surface area (Å²) in [5, 5.41) is 11.9. The van der Waals surface area contributed by atoms with Gasteiger partial charge in [0.25, 0.3) is 0 Å². The molecule has 0 saturated carbocycles. The number of hydrogen-bond acceptors (Lipinski definition) is 3. The zero-order valence-corrected chi connectivity index (χ0v) is 11.8. The monoisotopic (exact) mass is 262 g/mol. The highest BCUT2D eigenvalue weighted by Gasteiger charge is 2.22. The molecule has 0 bridgehead atoms. The number of aryl methyl sites for hydroxylation is 1. The molecule has 1 rings (SSSR count). The van der Waals surface area contributed by atoms with Gasteiger partial charge in [0.2, 0.25) is 5.91 Å². The van der Waals surface area contributed by atoms with Crippen LogP contribution in [0.15, 0.2) is 24.5 Å². The summed E-state index contributed by atoms with van der Waals surface area (Å²) >= 11 is 0. The van der Waals surface area contributed by atoms with Crippen molar-refractivity contribution in [2.45, 2.75) is 39.2 Å². The van der Waals surface area contributed by atoms with E-state index < -0.39 is 0 Å².